The molecule has 1 amide bonds. The van der Waals surface area contributed by atoms with Crippen molar-refractivity contribution >= 4 is 5.91 Å². The van der Waals surface area contributed by atoms with Gasteiger partial charge in [-0.25, -0.2) is 4.39 Å². The molecule has 1 aromatic carbocycles. The van der Waals surface area contributed by atoms with Gasteiger partial charge in [0.1, 0.15) is 17.3 Å². The molecule has 6 nitrogen and oxygen atoms in total. The summed E-state index contributed by atoms with van der Waals surface area (Å²) in [6, 6.07) is 6.60. The zero-order chi connectivity index (χ0) is 20.9. The van der Waals surface area contributed by atoms with E-state index < -0.39 is 0 Å². The Hall–Kier alpha value is -2.22. The van der Waals surface area contributed by atoms with Gasteiger partial charge in [-0.2, -0.15) is 0 Å². The Labute approximate surface area is 177 Å². The largest absolute Gasteiger partial charge is 0.465 e. The van der Waals surface area contributed by atoms with Crippen LogP contribution >= 0.6 is 0 Å². The van der Waals surface area contributed by atoms with Crippen molar-refractivity contribution in [1.29, 1.82) is 0 Å². The lowest BCUT2D eigenvalue weighted by molar-refractivity contribution is 0.0374. The minimum atomic E-state index is -0.224. The van der Waals surface area contributed by atoms with Gasteiger partial charge in [0, 0.05) is 51.3 Å². The summed E-state index contributed by atoms with van der Waals surface area (Å²) in [7, 11) is 0. The number of furan rings is 1. The Morgan fingerprint density at radius 1 is 1.13 bits per heavy atom. The minimum absolute atomic E-state index is 0.0527. The van der Waals surface area contributed by atoms with Crippen molar-refractivity contribution in [2.75, 3.05) is 45.9 Å². The number of nitrogens with zero attached hydrogens (tertiary/aromatic N) is 2. The fourth-order valence-electron chi connectivity index (χ4n) is 4.28. The smallest absolute Gasteiger partial charge is 0.255 e. The SMILES string of the molecule is Cc1oc2c(c1C(=O)NCCCN1CCOCC1)CN(Cc1ccc(F)cc1)CC2. The molecule has 0 saturated carbocycles. The number of aryl methyl sites for hydroxylation is 1. The zero-order valence-corrected chi connectivity index (χ0v) is 17.6. The number of halogens is 1. The number of amides is 1. The summed E-state index contributed by atoms with van der Waals surface area (Å²) in [5.74, 6) is 1.33. The number of carbonyl (C=O) groups is 1. The quantitative estimate of drug-likeness (QED) is 0.705. The highest BCUT2D eigenvalue weighted by Gasteiger charge is 2.28. The molecule has 1 N–H and O–H groups in total. The number of fused-ring (bicyclic) bond motifs is 1. The highest BCUT2D eigenvalue weighted by Crippen LogP contribution is 2.29. The molecule has 0 aliphatic carbocycles. The van der Waals surface area contributed by atoms with Crippen LogP contribution in [0.5, 0.6) is 0 Å². The first-order valence-corrected chi connectivity index (χ1v) is 10.8. The summed E-state index contributed by atoms with van der Waals surface area (Å²) in [4.78, 5) is 17.5. The highest BCUT2D eigenvalue weighted by molar-refractivity contribution is 5.97. The van der Waals surface area contributed by atoms with E-state index in [1.54, 1.807) is 0 Å². The van der Waals surface area contributed by atoms with Gasteiger partial charge in [0.25, 0.3) is 5.91 Å². The number of carbonyl (C=O) groups excluding carboxylic acids is 1. The van der Waals surface area contributed by atoms with Gasteiger partial charge in [0.15, 0.2) is 0 Å². The van der Waals surface area contributed by atoms with E-state index in [4.69, 9.17) is 9.15 Å². The van der Waals surface area contributed by atoms with E-state index in [-0.39, 0.29) is 11.7 Å². The van der Waals surface area contributed by atoms with Crippen LogP contribution in [-0.2, 0) is 24.2 Å². The number of hydrogen-bond acceptors (Lipinski definition) is 5. The molecule has 30 heavy (non-hydrogen) atoms. The van der Waals surface area contributed by atoms with Crippen LogP contribution in [-0.4, -0.2) is 61.6 Å². The Bertz CT molecular complexity index is 859. The number of benzene rings is 1. The van der Waals surface area contributed by atoms with Gasteiger partial charge < -0.3 is 14.5 Å². The first-order chi connectivity index (χ1) is 14.6. The van der Waals surface area contributed by atoms with Gasteiger partial charge in [0.2, 0.25) is 0 Å². The maximum atomic E-state index is 13.2. The molecule has 162 valence electrons. The van der Waals surface area contributed by atoms with E-state index in [0.29, 0.717) is 24.4 Å². The lowest BCUT2D eigenvalue weighted by Gasteiger charge is -2.27. The second-order valence-corrected chi connectivity index (χ2v) is 8.09. The molecule has 0 atom stereocenters. The van der Waals surface area contributed by atoms with Crippen molar-refractivity contribution in [1.82, 2.24) is 15.1 Å². The molecule has 1 saturated heterocycles. The van der Waals surface area contributed by atoms with Gasteiger partial charge in [-0.05, 0) is 37.6 Å². The first-order valence-electron chi connectivity index (χ1n) is 10.8. The standard InChI is InChI=1S/C23H30FN3O3/c1-17-22(23(28)25-8-2-9-26-11-13-29-14-12-26)20-16-27(10-7-21(20)30-17)15-18-3-5-19(24)6-4-18/h3-6H,2,7-16H2,1H3,(H,25,28). The Balaban J connectivity index is 1.33. The highest BCUT2D eigenvalue weighted by atomic mass is 19.1. The normalized spacial score (nSPS) is 17.7. The zero-order valence-electron chi connectivity index (χ0n) is 17.6. The van der Waals surface area contributed by atoms with Gasteiger partial charge in [-0.15, -0.1) is 0 Å². The van der Waals surface area contributed by atoms with E-state index in [2.05, 4.69) is 15.1 Å². The van der Waals surface area contributed by atoms with E-state index in [0.717, 1.165) is 75.7 Å². The molecular weight excluding hydrogens is 385 g/mol. The van der Waals surface area contributed by atoms with Gasteiger partial charge in [-0.3, -0.25) is 14.6 Å². The summed E-state index contributed by atoms with van der Waals surface area (Å²) in [5, 5.41) is 3.07. The molecule has 7 heteroatoms. The van der Waals surface area contributed by atoms with Crippen LogP contribution in [0.1, 0.15) is 39.4 Å². The third-order valence-corrected chi connectivity index (χ3v) is 5.89. The molecule has 4 rings (SSSR count). The number of hydrogen-bond donors (Lipinski definition) is 1. The van der Waals surface area contributed by atoms with Crippen LogP contribution in [0.3, 0.4) is 0 Å². The molecule has 0 spiro atoms. The molecule has 1 fully saturated rings. The average molecular weight is 416 g/mol. The van der Waals surface area contributed by atoms with Crippen LogP contribution < -0.4 is 5.32 Å². The van der Waals surface area contributed by atoms with Crippen molar-refractivity contribution < 1.29 is 18.3 Å². The fourth-order valence-corrected chi connectivity index (χ4v) is 4.28. The predicted octanol–water partition coefficient (Wildman–Crippen LogP) is 2.74. The van der Waals surface area contributed by atoms with Gasteiger partial charge >= 0.3 is 0 Å². The Morgan fingerprint density at radius 2 is 1.90 bits per heavy atom. The Morgan fingerprint density at radius 3 is 2.67 bits per heavy atom. The molecule has 1 aromatic heterocycles. The van der Waals surface area contributed by atoms with E-state index >= 15 is 0 Å². The second-order valence-electron chi connectivity index (χ2n) is 8.09. The molecule has 0 bridgehead atoms. The summed E-state index contributed by atoms with van der Waals surface area (Å²) < 4.78 is 24.4. The van der Waals surface area contributed by atoms with Gasteiger partial charge in [0.05, 0.1) is 18.8 Å². The third-order valence-electron chi connectivity index (χ3n) is 5.89. The van der Waals surface area contributed by atoms with Crippen molar-refractivity contribution in [2.45, 2.75) is 32.9 Å². The van der Waals surface area contributed by atoms with Crippen molar-refractivity contribution in [2.24, 2.45) is 0 Å². The summed E-state index contributed by atoms with van der Waals surface area (Å²) in [6.45, 7) is 9.25. The monoisotopic (exact) mass is 415 g/mol. The average Bonchev–Trinajstić information content (AvgIpc) is 3.08. The van der Waals surface area contributed by atoms with Crippen LogP contribution in [0.2, 0.25) is 0 Å². The van der Waals surface area contributed by atoms with Crippen LogP contribution in [0, 0.1) is 12.7 Å². The molecule has 2 aromatic rings. The maximum Gasteiger partial charge on any atom is 0.255 e. The molecule has 2 aliphatic heterocycles. The predicted molar refractivity (Wildman–Crippen MR) is 112 cm³/mol. The minimum Gasteiger partial charge on any atom is -0.465 e. The lowest BCUT2D eigenvalue weighted by Crippen LogP contribution is -2.38. The number of rotatable bonds is 7. The first kappa shape index (κ1) is 21.0. The molecular formula is C23H30FN3O3. The Kier molecular flexibility index (Phi) is 6.82. The summed E-state index contributed by atoms with van der Waals surface area (Å²) >= 11 is 0. The number of morpholine rings is 1. The number of ether oxygens (including phenoxy) is 1. The lowest BCUT2D eigenvalue weighted by atomic mass is 10.0. The van der Waals surface area contributed by atoms with Crippen molar-refractivity contribution in [3.05, 3.63) is 58.3 Å². The fraction of sp³-hybridized carbons (Fsp3) is 0.522. The van der Waals surface area contributed by atoms with Crippen molar-refractivity contribution in [3.63, 3.8) is 0 Å². The summed E-state index contributed by atoms with van der Waals surface area (Å²) in [5.41, 5.74) is 2.74. The summed E-state index contributed by atoms with van der Waals surface area (Å²) in [6.07, 6.45) is 1.70. The van der Waals surface area contributed by atoms with Crippen LogP contribution in [0.4, 0.5) is 4.39 Å². The van der Waals surface area contributed by atoms with Crippen molar-refractivity contribution in [3.8, 4) is 0 Å². The van der Waals surface area contributed by atoms with Crippen LogP contribution in [0.15, 0.2) is 28.7 Å². The molecule has 3 heterocycles. The molecule has 0 unspecified atom stereocenters. The van der Waals surface area contributed by atoms with E-state index in [1.165, 1.54) is 12.1 Å². The van der Waals surface area contributed by atoms with Crippen LogP contribution in [0.25, 0.3) is 0 Å². The number of nitrogens with one attached hydrogen (secondary N) is 1. The second kappa shape index (κ2) is 9.73. The molecule has 2 aliphatic rings. The van der Waals surface area contributed by atoms with Gasteiger partial charge in [-0.1, -0.05) is 12.1 Å². The third kappa shape index (κ3) is 5.09. The topological polar surface area (TPSA) is 58.0 Å². The van der Waals surface area contributed by atoms with E-state index in [9.17, 15) is 9.18 Å². The van der Waals surface area contributed by atoms with E-state index in [1.807, 2.05) is 19.1 Å². The molecule has 0 radical (unpaired) electrons. The maximum absolute atomic E-state index is 13.2.